The lowest BCUT2D eigenvalue weighted by Crippen LogP contribution is -1.79. The van der Waals surface area contributed by atoms with Gasteiger partial charge in [-0.15, -0.1) is 11.3 Å². The molecule has 1 heteroatoms. The van der Waals surface area contributed by atoms with E-state index in [0.29, 0.717) is 0 Å². The summed E-state index contributed by atoms with van der Waals surface area (Å²) < 4.78 is 2.81. The molecular formula is C15H10S. The number of hydrogen-bond donors (Lipinski definition) is 0. The van der Waals surface area contributed by atoms with Crippen LogP contribution in [0, 0.1) is 0 Å². The molecule has 0 saturated carbocycles. The second-order valence-corrected chi connectivity index (χ2v) is 5.34. The average molecular weight is 222 g/mol. The number of thiophene rings is 1. The van der Waals surface area contributed by atoms with Crippen molar-refractivity contribution in [3.05, 3.63) is 53.6 Å². The van der Waals surface area contributed by atoms with Crippen molar-refractivity contribution in [2.75, 3.05) is 0 Å². The summed E-state index contributed by atoms with van der Waals surface area (Å²) in [7, 11) is 0. The van der Waals surface area contributed by atoms with Crippen molar-refractivity contribution in [1.82, 2.24) is 0 Å². The normalized spacial score (nSPS) is 13.8. The predicted octanol–water partition coefficient (Wildman–Crippen LogP) is 4.62. The van der Waals surface area contributed by atoms with Crippen molar-refractivity contribution in [2.24, 2.45) is 0 Å². The lowest BCUT2D eigenvalue weighted by molar-refractivity contribution is 1.33. The molecule has 0 bridgehead atoms. The molecule has 0 unspecified atom stereocenters. The van der Waals surface area contributed by atoms with Crippen LogP contribution in [0.4, 0.5) is 0 Å². The van der Waals surface area contributed by atoms with E-state index in [2.05, 4.69) is 48.6 Å². The van der Waals surface area contributed by atoms with E-state index in [1.807, 2.05) is 11.3 Å². The highest BCUT2D eigenvalue weighted by Crippen LogP contribution is 2.36. The van der Waals surface area contributed by atoms with Crippen LogP contribution in [0.1, 0.15) is 11.1 Å². The summed E-state index contributed by atoms with van der Waals surface area (Å²) in [5, 5.41) is 2.80. The highest BCUT2D eigenvalue weighted by molar-refractivity contribution is 7.25. The number of benzene rings is 2. The largest absolute Gasteiger partial charge is 0.135 e. The minimum atomic E-state index is 1.10. The van der Waals surface area contributed by atoms with Gasteiger partial charge in [-0.05, 0) is 35.7 Å². The zero-order chi connectivity index (χ0) is 10.5. The SMILES string of the molecule is C1=Cc2cc3c(cc2C1)sc1ccccc13. The molecule has 0 atom stereocenters. The van der Waals surface area contributed by atoms with Crippen molar-refractivity contribution in [1.29, 1.82) is 0 Å². The topological polar surface area (TPSA) is 0 Å². The van der Waals surface area contributed by atoms with Crippen molar-refractivity contribution < 1.29 is 0 Å². The Hall–Kier alpha value is -1.60. The van der Waals surface area contributed by atoms with E-state index in [1.54, 1.807) is 0 Å². The van der Waals surface area contributed by atoms with E-state index < -0.39 is 0 Å². The van der Waals surface area contributed by atoms with Crippen LogP contribution in [0.25, 0.3) is 26.2 Å². The second-order valence-electron chi connectivity index (χ2n) is 4.25. The Morgan fingerprint density at radius 3 is 2.88 bits per heavy atom. The molecule has 0 saturated heterocycles. The number of fused-ring (bicyclic) bond motifs is 4. The van der Waals surface area contributed by atoms with Crippen LogP contribution in [0.15, 0.2) is 42.5 Å². The first-order valence-corrected chi connectivity index (χ1v) is 6.34. The van der Waals surface area contributed by atoms with Gasteiger partial charge in [0, 0.05) is 20.2 Å². The van der Waals surface area contributed by atoms with Crippen LogP contribution < -0.4 is 0 Å². The molecule has 2 aromatic carbocycles. The van der Waals surface area contributed by atoms with E-state index in [1.165, 1.54) is 31.3 Å². The highest BCUT2D eigenvalue weighted by atomic mass is 32.1. The Labute approximate surface area is 97.8 Å². The third kappa shape index (κ3) is 1.04. The molecule has 0 spiro atoms. The van der Waals surface area contributed by atoms with Gasteiger partial charge in [0.15, 0.2) is 0 Å². The summed E-state index contributed by atoms with van der Waals surface area (Å²) in [6, 6.07) is 13.4. The van der Waals surface area contributed by atoms with Crippen LogP contribution >= 0.6 is 11.3 Å². The van der Waals surface area contributed by atoms with Crippen molar-refractivity contribution in [3.63, 3.8) is 0 Å². The molecular weight excluding hydrogens is 212 g/mol. The summed E-state index contributed by atoms with van der Waals surface area (Å²) in [6.07, 6.45) is 5.58. The van der Waals surface area contributed by atoms with E-state index in [0.717, 1.165) is 6.42 Å². The maximum atomic E-state index is 2.36. The highest BCUT2D eigenvalue weighted by Gasteiger charge is 2.10. The Morgan fingerprint density at radius 2 is 1.88 bits per heavy atom. The quantitative estimate of drug-likeness (QED) is 0.520. The fourth-order valence-corrected chi connectivity index (χ4v) is 3.63. The van der Waals surface area contributed by atoms with Gasteiger partial charge in [0.2, 0.25) is 0 Å². The summed E-state index contributed by atoms with van der Waals surface area (Å²) in [5.74, 6) is 0. The van der Waals surface area contributed by atoms with E-state index in [9.17, 15) is 0 Å². The molecule has 1 aliphatic rings. The molecule has 0 nitrogen and oxygen atoms in total. The molecule has 0 amide bonds. The first kappa shape index (κ1) is 8.54. The lowest BCUT2D eigenvalue weighted by Gasteiger charge is -1.98. The lowest BCUT2D eigenvalue weighted by atomic mass is 10.1. The van der Waals surface area contributed by atoms with Gasteiger partial charge in [-0.1, -0.05) is 30.4 Å². The molecule has 1 aliphatic carbocycles. The minimum absolute atomic E-state index is 1.10. The van der Waals surface area contributed by atoms with Crippen LogP contribution in [-0.2, 0) is 6.42 Å². The van der Waals surface area contributed by atoms with Gasteiger partial charge in [0.1, 0.15) is 0 Å². The van der Waals surface area contributed by atoms with Gasteiger partial charge < -0.3 is 0 Å². The van der Waals surface area contributed by atoms with Crippen molar-refractivity contribution in [2.45, 2.75) is 6.42 Å². The van der Waals surface area contributed by atoms with Gasteiger partial charge in [-0.25, -0.2) is 0 Å². The molecule has 4 rings (SSSR count). The standard InChI is InChI=1S/C15H10S/c1-2-7-14-12(6-1)13-8-10-4-3-5-11(10)9-15(13)16-14/h1-4,6-9H,5H2. The summed E-state index contributed by atoms with van der Waals surface area (Å²) in [5.41, 5.74) is 2.87. The third-order valence-electron chi connectivity index (χ3n) is 3.27. The Balaban J connectivity index is 2.22. The molecule has 0 radical (unpaired) electrons. The molecule has 1 heterocycles. The zero-order valence-corrected chi connectivity index (χ0v) is 9.55. The summed E-state index contributed by atoms with van der Waals surface area (Å²) in [4.78, 5) is 0. The molecule has 0 fully saturated rings. The van der Waals surface area contributed by atoms with Gasteiger partial charge in [0.05, 0.1) is 0 Å². The fourth-order valence-electron chi connectivity index (χ4n) is 2.47. The van der Waals surface area contributed by atoms with Gasteiger partial charge in [0.25, 0.3) is 0 Å². The predicted molar refractivity (Wildman–Crippen MR) is 72.1 cm³/mol. The second kappa shape index (κ2) is 2.96. The molecule has 76 valence electrons. The number of rotatable bonds is 0. The maximum Gasteiger partial charge on any atom is 0.0358 e. The Bertz CT molecular complexity index is 732. The Morgan fingerprint density at radius 1 is 0.938 bits per heavy atom. The smallest absolute Gasteiger partial charge is 0.0358 e. The number of allylic oxidation sites excluding steroid dienone is 1. The minimum Gasteiger partial charge on any atom is -0.135 e. The van der Waals surface area contributed by atoms with E-state index >= 15 is 0 Å². The van der Waals surface area contributed by atoms with E-state index in [-0.39, 0.29) is 0 Å². The van der Waals surface area contributed by atoms with Gasteiger partial charge in [-0.3, -0.25) is 0 Å². The van der Waals surface area contributed by atoms with Crippen LogP contribution in [0.2, 0.25) is 0 Å². The first-order valence-electron chi connectivity index (χ1n) is 5.52. The summed E-state index contributed by atoms with van der Waals surface area (Å²) in [6.45, 7) is 0. The Kier molecular flexibility index (Phi) is 1.58. The molecule has 1 aromatic heterocycles. The van der Waals surface area contributed by atoms with Gasteiger partial charge >= 0.3 is 0 Å². The summed E-state index contributed by atoms with van der Waals surface area (Å²) >= 11 is 1.90. The molecule has 16 heavy (non-hydrogen) atoms. The molecule has 0 aliphatic heterocycles. The van der Waals surface area contributed by atoms with Crippen molar-refractivity contribution >= 4 is 37.6 Å². The number of hydrogen-bond acceptors (Lipinski definition) is 1. The molecule has 3 aromatic rings. The third-order valence-corrected chi connectivity index (χ3v) is 4.41. The molecule has 0 N–H and O–H groups in total. The zero-order valence-electron chi connectivity index (χ0n) is 8.73. The van der Waals surface area contributed by atoms with Crippen LogP contribution in [0.5, 0.6) is 0 Å². The average Bonchev–Trinajstić information content (AvgIpc) is 2.88. The van der Waals surface area contributed by atoms with Crippen molar-refractivity contribution in [3.8, 4) is 0 Å². The van der Waals surface area contributed by atoms with Gasteiger partial charge in [-0.2, -0.15) is 0 Å². The van der Waals surface area contributed by atoms with Crippen LogP contribution in [-0.4, -0.2) is 0 Å². The maximum absolute atomic E-state index is 2.36. The van der Waals surface area contributed by atoms with E-state index in [4.69, 9.17) is 0 Å². The van der Waals surface area contributed by atoms with Crippen LogP contribution in [0.3, 0.4) is 0 Å². The first-order chi connectivity index (χ1) is 7.92. The monoisotopic (exact) mass is 222 g/mol. The fraction of sp³-hybridized carbons (Fsp3) is 0.0667.